The van der Waals surface area contributed by atoms with Crippen LogP contribution in [0.3, 0.4) is 0 Å². The molecule has 1 unspecified atom stereocenters. The third-order valence-corrected chi connectivity index (χ3v) is 6.35. The van der Waals surface area contributed by atoms with E-state index in [0.29, 0.717) is 0 Å². The molecule has 1 aromatic rings. The lowest BCUT2D eigenvalue weighted by atomic mass is 10.1. The highest BCUT2D eigenvalue weighted by molar-refractivity contribution is 8.00. The molecule has 0 spiro atoms. The summed E-state index contributed by atoms with van der Waals surface area (Å²) in [6, 6.07) is 0.452. The van der Waals surface area contributed by atoms with E-state index in [4.69, 9.17) is 0 Å². The molecule has 0 bridgehead atoms. The number of carbonyl (C=O) groups excluding carboxylic acids is 1. The van der Waals surface area contributed by atoms with Crippen molar-refractivity contribution in [3.63, 3.8) is 0 Å². The maximum absolute atomic E-state index is 11.6. The predicted octanol–water partition coefficient (Wildman–Crippen LogP) is 2.46. The Morgan fingerprint density at radius 2 is 1.83 bits per heavy atom. The van der Waals surface area contributed by atoms with Crippen molar-refractivity contribution in [3.8, 4) is 0 Å². The summed E-state index contributed by atoms with van der Waals surface area (Å²) in [5, 5.41) is 9.08. The second kappa shape index (κ2) is 7.00. The summed E-state index contributed by atoms with van der Waals surface area (Å²) in [5.41, 5.74) is 3.36. The number of hydrogen-bond donors (Lipinski definition) is 1. The number of aromatic amines is 1. The fraction of sp³-hybridized carbons (Fsp3) is 0.688. The van der Waals surface area contributed by atoms with Gasteiger partial charge in [-0.05, 0) is 27.7 Å². The Labute approximate surface area is 150 Å². The first kappa shape index (κ1) is 17.7. The molecule has 1 aromatic heterocycles. The number of H-pyrrole nitrogens is 1. The minimum Gasteiger partial charge on any atom is -0.298 e. The van der Waals surface area contributed by atoms with Crippen LogP contribution in [0.25, 0.3) is 0 Å². The molecule has 3 aliphatic heterocycles. The summed E-state index contributed by atoms with van der Waals surface area (Å²) in [4.78, 5) is 23.2. The number of aromatic nitrogens is 2. The summed E-state index contributed by atoms with van der Waals surface area (Å²) in [5.74, 6) is 4.03. The molecule has 4 heterocycles. The molecule has 6 nitrogen and oxygen atoms in total. The van der Waals surface area contributed by atoms with Gasteiger partial charge in [0.1, 0.15) is 0 Å². The minimum atomic E-state index is 0.109. The zero-order valence-electron chi connectivity index (χ0n) is 14.5. The molecule has 24 heavy (non-hydrogen) atoms. The van der Waals surface area contributed by atoms with Gasteiger partial charge in [0.05, 0.1) is 22.9 Å². The fourth-order valence-corrected chi connectivity index (χ4v) is 5.14. The van der Waals surface area contributed by atoms with Crippen molar-refractivity contribution >= 4 is 35.1 Å². The van der Waals surface area contributed by atoms with Crippen LogP contribution in [0.4, 0.5) is 0 Å². The molecule has 132 valence electrons. The molecule has 1 N–H and O–H groups in total. The van der Waals surface area contributed by atoms with Gasteiger partial charge < -0.3 is 0 Å². The van der Waals surface area contributed by atoms with Crippen molar-refractivity contribution in [2.45, 2.75) is 51.3 Å². The van der Waals surface area contributed by atoms with Gasteiger partial charge in [0.15, 0.2) is 0 Å². The second-order valence-electron chi connectivity index (χ2n) is 6.77. The van der Waals surface area contributed by atoms with E-state index in [1.165, 1.54) is 0 Å². The molecule has 8 heteroatoms. The number of hydrazone groups is 1. The summed E-state index contributed by atoms with van der Waals surface area (Å²) >= 11 is 3.60. The normalized spacial score (nSPS) is 21.9. The van der Waals surface area contributed by atoms with Gasteiger partial charge in [0.2, 0.25) is 0 Å². The summed E-state index contributed by atoms with van der Waals surface area (Å²) < 4.78 is 1.71. The summed E-state index contributed by atoms with van der Waals surface area (Å²) in [6.07, 6.45) is 0. The number of thioether (sulfide) groups is 2. The Morgan fingerprint density at radius 1 is 1.08 bits per heavy atom. The molecule has 0 radical (unpaired) electrons. The number of fused-ring (bicyclic) bond motifs is 2. The Bertz CT molecular complexity index is 720. The van der Waals surface area contributed by atoms with Crippen LogP contribution in [0.5, 0.6) is 0 Å². The van der Waals surface area contributed by atoms with Crippen LogP contribution >= 0.6 is 23.5 Å². The van der Waals surface area contributed by atoms with Gasteiger partial charge in [-0.1, -0.05) is 0 Å². The topological polar surface area (TPSA) is 70.5 Å². The Hall–Kier alpha value is -1.15. The average Bonchev–Trinajstić information content (AvgIpc) is 3.24. The van der Waals surface area contributed by atoms with Crippen LogP contribution < -0.4 is 5.56 Å². The van der Waals surface area contributed by atoms with Gasteiger partial charge in [-0.3, -0.25) is 19.4 Å². The van der Waals surface area contributed by atoms with Gasteiger partial charge in [-0.15, -0.1) is 0 Å². The smallest absolute Gasteiger partial charge is 0.271 e. The highest BCUT2D eigenvalue weighted by Gasteiger charge is 2.39. The first-order valence-electron chi connectivity index (χ1n) is 8.28. The Balaban J connectivity index is 0.000000141. The predicted molar refractivity (Wildman–Crippen MR) is 101 cm³/mol. The van der Waals surface area contributed by atoms with Crippen LogP contribution in [0, 0.1) is 5.92 Å². The van der Waals surface area contributed by atoms with Gasteiger partial charge in [0, 0.05) is 35.1 Å². The van der Waals surface area contributed by atoms with Crippen LogP contribution in [-0.2, 0) is 16.3 Å². The van der Waals surface area contributed by atoms with Gasteiger partial charge >= 0.3 is 0 Å². The Kier molecular flexibility index (Phi) is 5.15. The van der Waals surface area contributed by atoms with Gasteiger partial charge in [-0.2, -0.15) is 28.6 Å². The minimum absolute atomic E-state index is 0.109. The summed E-state index contributed by atoms with van der Waals surface area (Å²) in [7, 11) is 0. The van der Waals surface area contributed by atoms with E-state index in [2.05, 4.69) is 10.2 Å². The quantitative estimate of drug-likeness (QED) is 0.870. The number of amides is 1. The lowest BCUT2D eigenvalue weighted by Crippen LogP contribution is -2.32. The SMILES string of the molecule is CC(C)N1N=C2CSCC2C1=O.CC(C)n1[nH]c2c(c1=O)CSC2. The monoisotopic (exact) mass is 368 g/mol. The zero-order valence-corrected chi connectivity index (χ0v) is 16.2. The number of carbonyl (C=O) groups is 1. The molecule has 0 saturated carbocycles. The molecular weight excluding hydrogens is 344 g/mol. The average molecular weight is 369 g/mol. The lowest BCUT2D eigenvalue weighted by Gasteiger charge is -2.17. The van der Waals surface area contributed by atoms with Crippen LogP contribution in [0.2, 0.25) is 0 Å². The van der Waals surface area contributed by atoms with Crippen LogP contribution in [0.15, 0.2) is 9.90 Å². The highest BCUT2D eigenvalue weighted by atomic mass is 32.2. The molecule has 1 saturated heterocycles. The Morgan fingerprint density at radius 3 is 2.42 bits per heavy atom. The molecule has 1 fully saturated rings. The van der Waals surface area contributed by atoms with Crippen molar-refractivity contribution in [2.75, 3.05) is 11.5 Å². The zero-order chi connectivity index (χ0) is 17.4. The number of hydrogen-bond acceptors (Lipinski definition) is 5. The van der Waals surface area contributed by atoms with E-state index < -0.39 is 0 Å². The van der Waals surface area contributed by atoms with Crippen molar-refractivity contribution in [2.24, 2.45) is 11.0 Å². The van der Waals surface area contributed by atoms with Crippen LogP contribution in [0.1, 0.15) is 45.0 Å². The van der Waals surface area contributed by atoms with Crippen molar-refractivity contribution in [1.82, 2.24) is 14.8 Å². The second-order valence-corrected chi connectivity index (χ2v) is 8.78. The largest absolute Gasteiger partial charge is 0.298 e. The van der Waals surface area contributed by atoms with E-state index in [0.717, 1.165) is 40.0 Å². The van der Waals surface area contributed by atoms with E-state index in [-0.39, 0.29) is 29.5 Å². The molecule has 1 amide bonds. The molecule has 3 aliphatic rings. The van der Waals surface area contributed by atoms with E-state index in [1.54, 1.807) is 33.2 Å². The number of rotatable bonds is 2. The van der Waals surface area contributed by atoms with Gasteiger partial charge in [-0.25, -0.2) is 5.01 Å². The highest BCUT2D eigenvalue weighted by Crippen LogP contribution is 2.29. The van der Waals surface area contributed by atoms with Gasteiger partial charge in [0.25, 0.3) is 11.5 Å². The van der Waals surface area contributed by atoms with Crippen LogP contribution in [-0.4, -0.2) is 44.0 Å². The molecule has 0 aromatic carbocycles. The standard InChI is InChI=1S/2C8H12N2OS/c2*1-5(2)10-8(11)6-3-12-4-7(6)9-10/h5,9H,3-4H2,1-2H3;5-6H,3-4H2,1-2H3. The molecule has 0 aliphatic carbocycles. The third kappa shape index (κ3) is 3.18. The first-order chi connectivity index (χ1) is 11.4. The number of nitrogens with one attached hydrogen (secondary N) is 1. The van der Waals surface area contributed by atoms with Crippen molar-refractivity contribution in [3.05, 3.63) is 21.6 Å². The first-order valence-corrected chi connectivity index (χ1v) is 10.6. The summed E-state index contributed by atoms with van der Waals surface area (Å²) in [6.45, 7) is 8.02. The van der Waals surface area contributed by atoms with E-state index in [9.17, 15) is 9.59 Å². The van der Waals surface area contributed by atoms with E-state index >= 15 is 0 Å². The van der Waals surface area contributed by atoms with E-state index in [1.807, 2.05) is 27.7 Å². The van der Waals surface area contributed by atoms with Crippen molar-refractivity contribution < 1.29 is 4.79 Å². The molecule has 1 atom stereocenters. The molecular formula is C16H24N4O2S2. The fourth-order valence-electron chi connectivity index (χ4n) is 2.93. The molecule has 4 rings (SSSR count). The van der Waals surface area contributed by atoms with Crippen molar-refractivity contribution in [1.29, 1.82) is 0 Å². The number of nitrogens with zero attached hydrogens (tertiary/aromatic N) is 3. The third-order valence-electron chi connectivity index (χ3n) is 4.29. The maximum atomic E-state index is 11.6. The lowest BCUT2D eigenvalue weighted by molar-refractivity contribution is -0.132. The maximum Gasteiger partial charge on any atom is 0.271 e.